The number of ether oxygens (including phenoxy) is 1. The van der Waals surface area contributed by atoms with Crippen LogP contribution in [0.1, 0.15) is 12.0 Å². The number of carbonyl (C=O) groups excluding carboxylic acids is 1. The van der Waals surface area contributed by atoms with Gasteiger partial charge in [-0.25, -0.2) is 4.68 Å². The predicted octanol–water partition coefficient (Wildman–Crippen LogP) is 2.24. The first-order valence-corrected chi connectivity index (χ1v) is 7.51. The standard InChI is InChI=1S/C17H17N5O2/c1-24-16-8-5-13(6-9-16)7-10-17(23)19-14-3-2-4-15(11-14)22-12-18-20-21-22/h2-6,8-9,11-12H,7,10H2,1H3,(H,19,23). The molecule has 0 saturated heterocycles. The highest BCUT2D eigenvalue weighted by Gasteiger charge is 2.05. The molecule has 0 bridgehead atoms. The van der Waals surface area contributed by atoms with Gasteiger partial charge in [0.05, 0.1) is 12.8 Å². The van der Waals surface area contributed by atoms with Crippen molar-refractivity contribution in [3.63, 3.8) is 0 Å². The average Bonchev–Trinajstić information content (AvgIpc) is 3.15. The van der Waals surface area contributed by atoms with Crippen molar-refractivity contribution in [2.75, 3.05) is 12.4 Å². The largest absolute Gasteiger partial charge is 0.497 e. The number of aryl methyl sites for hydroxylation is 1. The molecule has 0 saturated carbocycles. The molecule has 1 aromatic heterocycles. The van der Waals surface area contributed by atoms with Crippen LogP contribution in [0.25, 0.3) is 5.69 Å². The van der Waals surface area contributed by atoms with Gasteiger partial charge in [-0.3, -0.25) is 4.79 Å². The number of benzene rings is 2. The maximum Gasteiger partial charge on any atom is 0.224 e. The first-order valence-electron chi connectivity index (χ1n) is 7.51. The van der Waals surface area contributed by atoms with E-state index in [0.29, 0.717) is 18.5 Å². The minimum atomic E-state index is -0.0420. The van der Waals surface area contributed by atoms with E-state index < -0.39 is 0 Å². The van der Waals surface area contributed by atoms with Crippen molar-refractivity contribution >= 4 is 11.6 Å². The Balaban J connectivity index is 1.57. The van der Waals surface area contributed by atoms with E-state index >= 15 is 0 Å². The summed E-state index contributed by atoms with van der Waals surface area (Å²) in [5.74, 6) is 0.766. The Hall–Kier alpha value is -3.22. The van der Waals surface area contributed by atoms with Gasteiger partial charge in [-0.15, -0.1) is 5.10 Å². The van der Waals surface area contributed by atoms with Gasteiger partial charge < -0.3 is 10.1 Å². The number of nitrogens with zero attached hydrogens (tertiary/aromatic N) is 4. The van der Waals surface area contributed by atoms with Crippen LogP contribution in [-0.2, 0) is 11.2 Å². The third kappa shape index (κ3) is 3.95. The van der Waals surface area contributed by atoms with Crippen LogP contribution in [0.2, 0.25) is 0 Å². The third-order valence-electron chi connectivity index (χ3n) is 3.54. The van der Waals surface area contributed by atoms with E-state index in [1.807, 2.05) is 48.5 Å². The maximum atomic E-state index is 12.1. The van der Waals surface area contributed by atoms with Crippen LogP contribution < -0.4 is 10.1 Å². The molecule has 3 rings (SSSR count). The van der Waals surface area contributed by atoms with E-state index in [1.165, 1.54) is 11.0 Å². The molecule has 7 heteroatoms. The number of aromatic nitrogens is 4. The van der Waals surface area contributed by atoms with Crippen LogP contribution in [0, 0.1) is 0 Å². The van der Waals surface area contributed by atoms with Crippen LogP contribution >= 0.6 is 0 Å². The molecule has 0 aliphatic rings. The summed E-state index contributed by atoms with van der Waals surface area (Å²) in [7, 11) is 1.63. The van der Waals surface area contributed by atoms with Crippen LogP contribution in [0.3, 0.4) is 0 Å². The normalized spacial score (nSPS) is 10.4. The Morgan fingerprint density at radius 1 is 1.21 bits per heavy atom. The van der Waals surface area contributed by atoms with E-state index in [9.17, 15) is 4.79 Å². The summed E-state index contributed by atoms with van der Waals surface area (Å²) in [6.45, 7) is 0. The molecule has 0 radical (unpaired) electrons. The zero-order chi connectivity index (χ0) is 16.8. The molecular formula is C17H17N5O2. The van der Waals surface area contributed by atoms with Crippen LogP contribution in [0.5, 0.6) is 5.75 Å². The highest BCUT2D eigenvalue weighted by atomic mass is 16.5. The van der Waals surface area contributed by atoms with Gasteiger partial charge in [0.1, 0.15) is 12.1 Å². The summed E-state index contributed by atoms with van der Waals surface area (Å²) in [6.07, 6.45) is 2.58. The minimum Gasteiger partial charge on any atom is -0.497 e. The van der Waals surface area contributed by atoms with Crippen LogP contribution in [0.15, 0.2) is 54.9 Å². The Labute approximate surface area is 139 Å². The quantitative estimate of drug-likeness (QED) is 0.752. The number of hydrogen-bond donors (Lipinski definition) is 1. The first kappa shape index (κ1) is 15.7. The van der Waals surface area contributed by atoms with Crippen molar-refractivity contribution < 1.29 is 9.53 Å². The van der Waals surface area contributed by atoms with Gasteiger partial charge in [0, 0.05) is 12.1 Å². The SMILES string of the molecule is COc1ccc(CCC(=O)Nc2cccc(-n3cnnn3)c2)cc1. The molecule has 2 aromatic carbocycles. The van der Waals surface area contributed by atoms with Gasteiger partial charge >= 0.3 is 0 Å². The zero-order valence-corrected chi connectivity index (χ0v) is 13.2. The topological polar surface area (TPSA) is 81.9 Å². The number of anilines is 1. The second kappa shape index (κ2) is 7.36. The molecule has 3 aromatic rings. The summed E-state index contributed by atoms with van der Waals surface area (Å²) >= 11 is 0. The van der Waals surface area contributed by atoms with Gasteiger partial charge in [0.15, 0.2) is 0 Å². The van der Waals surface area contributed by atoms with Crippen LogP contribution in [0.4, 0.5) is 5.69 Å². The van der Waals surface area contributed by atoms with Crippen molar-refractivity contribution in [1.29, 1.82) is 0 Å². The lowest BCUT2D eigenvalue weighted by atomic mass is 10.1. The highest BCUT2D eigenvalue weighted by Crippen LogP contribution is 2.15. The summed E-state index contributed by atoms with van der Waals surface area (Å²) in [5.41, 5.74) is 2.59. The smallest absolute Gasteiger partial charge is 0.224 e. The molecule has 122 valence electrons. The Morgan fingerprint density at radius 3 is 2.75 bits per heavy atom. The lowest BCUT2D eigenvalue weighted by Crippen LogP contribution is -2.12. The molecule has 0 aliphatic heterocycles. The van der Waals surface area contributed by atoms with Crippen molar-refractivity contribution in [3.8, 4) is 11.4 Å². The number of rotatable bonds is 6. The predicted molar refractivity (Wildman–Crippen MR) is 89.1 cm³/mol. The molecule has 1 amide bonds. The number of hydrogen-bond acceptors (Lipinski definition) is 5. The van der Waals surface area contributed by atoms with Gasteiger partial charge in [-0.2, -0.15) is 0 Å². The molecule has 0 spiro atoms. The number of carbonyl (C=O) groups is 1. The van der Waals surface area contributed by atoms with Gasteiger partial charge in [0.2, 0.25) is 5.91 Å². The second-order valence-electron chi connectivity index (χ2n) is 5.20. The Bertz CT molecular complexity index is 800. The van der Waals surface area contributed by atoms with Crippen molar-refractivity contribution in [2.45, 2.75) is 12.8 Å². The summed E-state index contributed by atoms with van der Waals surface area (Å²) < 4.78 is 6.66. The first-order chi connectivity index (χ1) is 11.7. The molecule has 0 unspecified atom stereocenters. The summed E-state index contributed by atoms with van der Waals surface area (Å²) in [4.78, 5) is 12.1. The number of tetrazole rings is 1. The van der Waals surface area contributed by atoms with E-state index in [4.69, 9.17) is 4.74 Å². The Morgan fingerprint density at radius 2 is 2.04 bits per heavy atom. The molecule has 24 heavy (non-hydrogen) atoms. The summed E-state index contributed by atoms with van der Waals surface area (Å²) in [5, 5.41) is 13.9. The molecular weight excluding hydrogens is 306 g/mol. The van der Waals surface area contributed by atoms with Crippen molar-refractivity contribution in [2.24, 2.45) is 0 Å². The number of amides is 1. The average molecular weight is 323 g/mol. The van der Waals surface area contributed by atoms with E-state index in [2.05, 4.69) is 20.8 Å². The second-order valence-corrected chi connectivity index (χ2v) is 5.20. The van der Waals surface area contributed by atoms with E-state index in [0.717, 1.165) is 17.0 Å². The molecule has 0 aliphatic carbocycles. The fraction of sp³-hybridized carbons (Fsp3) is 0.176. The monoisotopic (exact) mass is 323 g/mol. The molecule has 1 heterocycles. The molecule has 0 fully saturated rings. The number of nitrogens with one attached hydrogen (secondary N) is 1. The van der Waals surface area contributed by atoms with E-state index in [1.54, 1.807) is 7.11 Å². The molecule has 7 nitrogen and oxygen atoms in total. The zero-order valence-electron chi connectivity index (χ0n) is 13.2. The van der Waals surface area contributed by atoms with Gasteiger partial charge in [-0.1, -0.05) is 18.2 Å². The fourth-order valence-electron chi connectivity index (χ4n) is 2.28. The number of methoxy groups -OCH3 is 1. The molecule has 0 atom stereocenters. The highest BCUT2D eigenvalue weighted by molar-refractivity contribution is 5.91. The van der Waals surface area contributed by atoms with Crippen LogP contribution in [-0.4, -0.2) is 33.2 Å². The van der Waals surface area contributed by atoms with Gasteiger partial charge in [-0.05, 0) is 52.7 Å². The fourth-order valence-corrected chi connectivity index (χ4v) is 2.28. The lowest BCUT2D eigenvalue weighted by Gasteiger charge is -2.07. The summed E-state index contributed by atoms with van der Waals surface area (Å²) in [6, 6.07) is 15.1. The molecule has 1 N–H and O–H groups in total. The minimum absolute atomic E-state index is 0.0420. The maximum absolute atomic E-state index is 12.1. The van der Waals surface area contributed by atoms with E-state index in [-0.39, 0.29) is 5.91 Å². The Kier molecular flexibility index (Phi) is 4.81. The van der Waals surface area contributed by atoms with Crippen molar-refractivity contribution in [3.05, 3.63) is 60.4 Å². The third-order valence-corrected chi connectivity index (χ3v) is 3.54. The lowest BCUT2D eigenvalue weighted by molar-refractivity contribution is -0.116. The van der Waals surface area contributed by atoms with Gasteiger partial charge in [0.25, 0.3) is 0 Å². The van der Waals surface area contributed by atoms with Crippen molar-refractivity contribution in [1.82, 2.24) is 20.2 Å².